The average Bonchev–Trinajstić information content (AvgIpc) is 2.36. The van der Waals surface area contributed by atoms with Crippen LogP contribution in [-0.4, -0.2) is 23.0 Å². The van der Waals surface area contributed by atoms with Gasteiger partial charge in [0.05, 0.1) is 30.2 Å². The molecule has 1 aromatic rings. The molecule has 68 valence electrons. The lowest BCUT2D eigenvalue weighted by Crippen LogP contribution is -2.16. The monoisotopic (exact) mass is 169 g/mol. The van der Waals surface area contributed by atoms with Crippen molar-refractivity contribution in [3.8, 4) is 0 Å². The van der Waals surface area contributed by atoms with Gasteiger partial charge in [-0.05, 0) is 13.8 Å². The van der Waals surface area contributed by atoms with E-state index >= 15 is 0 Å². The molecule has 0 aliphatic carbocycles. The molecule has 0 saturated carbocycles. The Balaban J connectivity index is 2.69. The van der Waals surface area contributed by atoms with Gasteiger partial charge in [-0.2, -0.15) is 5.10 Å². The maximum Gasteiger partial charge on any atom is 0.0739 e. The molecule has 4 nitrogen and oxygen atoms in total. The van der Waals surface area contributed by atoms with E-state index in [1.807, 2.05) is 18.5 Å². The van der Waals surface area contributed by atoms with Crippen LogP contribution in [0.2, 0.25) is 0 Å². The highest BCUT2D eigenvalue weighted by molar-refractivity contribution is 5.39. The lowest BCUT2D eigenvalue weighted by molar-refractivity contribution is 0.0992. The Hall–Kier alpha value is -1.03. The Morgan fingerprint density at radius 3 is 2.83 bits per heavy atom. The first kappa shape index (κ1) is 9.06. The van der Waals surface area contributed by atoms with Crippen molar-refractivity contribution in [1.29, 1.82) is 0 Å². The van der Waals surface area contributed by atoms with E-state index in [2.05, 4.69) is 5.10 Å². The molecule has 0 aliphatic rings. The van der Waals surface area contributed by atoms with Crippen molar-refractivity contribution in [3.05, 3.63) is 11.9 Å². The highest BCUT2D eigenvalue weighted by Crippen LogP contribution is 2.09. The molecule has 0 fully saturated rings. The van der Waals surface area contributed by atoms with Gasteiger partial charge >= 0.3 is 0 Å². The van der Waals surface area contributed by atoms with Gasteiger partial charge in [0.1, 0.15) is 0 Å². The number of nitrogen functional groups attached to an aromatic ring is 1. The molecule has 0 aromatic carbocycles. The number of nitrogens with two attached hydrogens (primary N) is 1. The average molecular weight is 169 g/mol. The third-order valence-corrected chi connectivity index (χ3v) is 1.97. The number of methoxy groups -OCH3 is 1. The van der Waals surface area contributed by atoms with Crippen molar-refractivity contribution < 1.29 is 4.74 Å². The molecule has 0 unspecified atom stereocenters. The second-order valence-electron chi connectivity index (χ2n) is 2.91. The van der Waals surface area contributed by atoms with E-state index < -0.39 is 0 Å². The minimum Gasteiger partial charge on any atom is -0.396 e. The Labute approximate surface area is 72.3 Å². The number of nitrogens with zero attached hydrogens (tertiary/aromatic N) is 2. The molecule has 0 saturated heterocycles. The quantitative estimate of drug-likeness (QED) is 0.728. The van der Waals surface area contributed by atoms with E-state index in [1.165, 1.54) is 0 Å². The van der Waals surface area contributed by atoms with Gasteiger partial charge in [0.2, 0.25) is 0 Å². The molecular formula is C8H15N3O. The third-order valence-electron chi connectivity index (χ3n) is 1.97. The molecule has 1 rings (SSSR count). The summed E-state index contributed by atoms with van der Waals surface area (Å²) in [5.41, 5.74) is 7.37. The van der Waals surface area contributed by atoms with Gasteiger partial charge in [-0.25, -0.2) is 0 Å². The molecule has 4 heteroatoms. The predicted molar refractivity (Wildman–Crippen MR) is 47.8 cm³/mol. The zero-order chi connectivity index (χ0) is 9.14. The van der Waals surface area contributed by atoms with E-state index in [0.29, 0.717) is 0 Å². The molecule has 0 spiro atoms. The van der Waals surface area contributed by atoms with Crippen LogP contribution in [0.5, 0.6) is 0 Å². The first-order valence-corrected chi connectivity index (χ1v) is 3.95. The topological polar surface area (TPSA) is 53.1 Å². The Morgan fingerprint density at radius 1 is 1.75 bits per heavy atom. The SMILES string of the molecule is CO[C@H](C)Cn1ncc(N)c1C. The van der Waals surface area contributed by atoms with Crippen LogP contribution in [0.3, 0.4) is 0 Å². The van der Waals surface area contributed by atoms with Gasteiger partial charge in [-0.3, -0.25) is 4.68 Å². The van der Waals surface area contributed by atoms with Crippen LogP contribution in [-0.2, 0) is 11.3 Å². The van der Waals surface area contributed by atoms with Crippen molar-refractivity contribution in [3.63, 3.8) is 0 Å². The summed E-state index contributed by atoms with van der Waals surface area (Å²) in [6, 6.07) is 0. The van der Waals surface area contributed by atoms with Crippen LogP contribution < -0.4 is 5.73 Å². The second-order valence-corrected chi connectivity index (χ2v) is 2.91. The smallest absolute Gasteiger partial charge is 0.0739 e. The molecule has 0 radical (unpaired) electrons. The first-order valence-electron chi connectivity index (χ1n) is 3.95. The third kappa shape index (κ3) is 1.76. The standard InChI is InChI=1S/C8H15N3O/c1-6(12-3)5-11-7(2)8(9)4-10-11/h4,6H,5,9H2,1-3H3/t6-/m1/s1. The maximum atomic E-state index is 5.63. The molecule has 12 heavy (non-hydrogen) atoms. The van der Waals surface area contributed by atoms with Crippen LogP contribution in [0.25, 0.3) is 0 Å². The van der Waals surface area contributed by atoms with E-state index in [1.54, 1.807) is 13.3 Å². The van der Waals surface area contributed by atoms with E-state index in [0.717, 1.165) is 17.9 Å². The van der Waals surface area contributed by atoms with Crippen molar-refractivity contribution in [2.45, 2.75) is 26.5 Å². The predicted octanol–water partition coefficient (Wildman–Crippen LogP) is 0.809. The summed E-state index contributed by atoms with van der Waals surface area (Å²) in [4.78, 5) is 0. The number of rotatable bonds is 3. The van der Waals surface area contributed by atoms with Gasteiger partial charge in [0.25, 0.3) is 0 Å². The van der Waals surface area contributed by atoms with Gasteiger partial charge in [0, 0.05) is 7.11 Å². The summed E-state index contributed by atoms with van der Waals surface area (Å²) in [7, 11) is 1.69. The summed E-state index contributed by atoms with van der Waals surface area (Å²) in [5.74, 6) is 0. The Morgan fingerprint density at radius 2 is 2.42 bits per heavy atom. The molecule has 2 N–H and O–H groups in total. The van der Waals surface area contributed by atoms with Crippen molar-refractivity contribution in [2.75, 3.05) is 12.8 Å². The van der Waals surface area contributed by atoms with Crippen molar-refractivity contribution in [2.24, 2.45) is 0 Å². The number of aromatic nitrogens is 2. The van der Waals surface area contributed by atoms with Gasteiger partial charge in [-0.15, -0.1) is 0 Å². The lowest BCUT2D eigenvalue weighted by Gasteiger charge is -2.10. The normalized spacial score (nSPS) is 13.2. The number of ether oxygens (including phenoxy) is 1. The second kappa shape index (κ2) is 3.58. The van der Waals surface area contributed by atoms with E-state index in [-0.39, 0.29) is 6.10 Å². The summed E-state index contributed by atoms with van der Waals surface area (Å²) < 4.78 is 6.97. The summed E-state index contributed by atoms with van der Waals surface area (Å²) in [6.07, 6.45) is 1.83. The van der Waals surface area contributed by atoms with Crippen LogP contribution >= 0.6 is 0 Å². The Kier molecular flexibility index (Phi) is 2.70. The van der Waals surface area contributed by atoms with Gasteiger partial charge in [-0.1, -0.05) is 0 Å². The van der Waals surface area contributed by atoms with Gasteiger partial charge in [0.15, 0.2) is 0 Å². The lowest BCUT2D eigenvalue weighted by atomic mass is 10.3. The van der Waals surface area contributed by atoms with Crippen LogP contribution in [0.1, 0.15) is 12.6 Å². The summed E-state index contributed by atoms with van der Waals surface area (Å²) in [6.45, 7) is 4.70. The highest BCUT2D eigenvalue weighted by atomic mass is 16.5. The van der Waals surface area contributed by atoms with E-state index in [9.17, 15) is 0 Å². The minimum atomic E-state index is 0.169. The molecule has 1 atom stereocenters. The van der Waals surface area contributed by atoms with Crippen molar-refractivity contribution in [1.82, 2.24) is 9.78 Å². The number of anilines is 1. The number of hydrogen-bond donors (Lipinski definition) is 1. The summed E-state index contributed by atoms with van der Waals surface area (Å²) in [5, 5.41) is 4.11. The van der Waals surface area contributed by atoms with Gasteiger partial charge < -0.3 is 10.5 Å². The molecule has 1 aromatic heterocycles. The minimum absolute atomic E-state index is 0.169. The van der Waals surface area contributed by atoms with E-state index in [4.69, 9.17) is 10.5 Å². The molecular weight excluding hydrogens is 154 g/mol. The van der Waals surface area contributed by atoms with Crippen LogP contribution in [0, 0.1) is 6.92 Å². The van der Waals surface area contributed by atoms with Crippen LogP contribution in [0.4, 0.5) is 5.69 Å². The van der Waals surface area contributed by atoms with Crippen molar-refractivity contribution >= 4 is 5.69 Å². The fraction of sp³-hybridized carbons (Fsp3) is 0.625. The largest absolute Gasteiger partial charge is 0.396 e. The fourth-order valence-electron chi connectivity index (χ4n) is 0.963. The zero-order valence-corrected chi connectivity index (χ0v) is 7.74. The Bertz CT molecular complexity index is 257. The highest BCUT2D eigenvalue weighted by Gasteiger charge is 2.06. The van der Waals surface area contributed by atoms with Crippen LogP contribution in [0.15, 0.2) is 6.20 Å². The fourth-order valence-corrected chi connectivity index (χ4v) is 0.963. The number of hydrogen-bond acceptors (Lipinski definition) is 3. The molecule has 1 heterocycles. The molecule has 0 bridgehead atoms. The molecule has 0 amide bonds. The molecule has 0 aliphatic heterocycles. The first-order chi connectivity index (χ1) is 5.65. The zero-order valence-electron chi connectivity index (χ0n) is 7.74. The summed E-state index contributed by atoms with van der Waals surface area (Å²) >= 11 is 0. The maximum absolute atomic E-state index is 5.63.